The molecule has 0 saturated heterocycles. The van der Waals surface area contributed by atoms with Gasteiger partial charge < -0.3 is 15.6 Å². The second-order valence-electron chi connectivity index (χ2n) is 5.27. The molecule has 6 heteroatoms. The Morgan fingerprint density at radius 1 is 1.14 bits per heavy atom. The molecule has 21 heavy (non-hydrogen) atoms. The van der Waals surface area contributed by atoms with E-state index >= 15 is 0 Å². The maximum Gasteiger partial charge on any atom is 0.226 e. The van der Waals surface area contributed by atoms with Gasteiger partial charge in [-0.25, -0.2) is 4.98 Å². The Labute approximate surface area is 122 Å². The third-order valence-electron chi connectivity index (χ3n) is 3.90. The van der Waals surface area contributed by atoms with E-state index in [4.69, 9.17) is 0 Å². The van der Waals surface area contributed by atoms with Crippen LogP contribution in [0.5, 0.6) is 0 Å². The molecule has 2 heterocycles. The minimum atomic E-state index is 0.355. The summed E-state index contributed by atoms with van der Waals surface area (Å²) in [4.78, 5) is 16.2. The van der Waals surface area contributed by atoms with Crippen molar-refractivity contribution in [2.45, 2.75) is 18.9 Å². The molecule has 0 saturated carbocycles. The van der Waals surface area contributed by atoms with Crippen molar-refractivity contribution in [1.29, 1.82) is 0 Å². The monoisotopic (exact) mass is 280 g/mol. The third-order valence-corrected chi connectivity index (χ3v) is 3.90. The Morgan fingerprint density at radius 2 is 1.90 bits per heavy atom. The van der Waals surface area contributed by atoms with E-state index in [1.807, 2.05) is 7.05 Å². The van der Waals surface area contributed by atoms with Crippen molar-refractivity contribution in [3.8, 4) is 0 Å². The van der Waals surface area contributed by atoms with E-state index in [2.05, 4.69) is 54.8 Å². The summed E-state index contributed by atoms with van der Waals surface area (Å²) in [5.41, 5.74) is 4.36. The van der Waals surface area contributed by atoms with Crippen LogP contribution >= 0.6 is 0 Å². The zero-order valence-electron chi connectivity index (χ0n) is 11.7. The van der Waals surface area contributed by atoms with Crippen molar-refractivity contribution in [1.82, 2.24) is 19.9 Å². The number of nitrogens with one attached hydrogen (secondary N) is 3. The van der Waals surface area contributed by atoms with Crippen LogP contribution in [0.15, 0.2) is 30.6 Å². The molecule has 0 aliphatic heterocycles. The molecule has 1 aromatic carbocycles. The van der Waals surface area contributed by atoms with Gasteiger partial charge in [-0.05, 0) is 24.0 Å². The molecule has 0 spiro atoms. The van der Waals surface area contributed by atoms with Crippen LogP contribution in [0.1, 0.15) is 11.1 Å². The number of imidazole rings is 1. The Hall–Kier alpha value is -2.63. The Balaban J connectivity index is 1.65. The number of fused-ring (bicyclic) bond motifs is 2. The normalized spacial score (nSPS) is 14.3. The first-order chi connectivity index (χ1) is 10.3. The molecular weight excluding hydrogens is 264 g/mol. The van der Waals surface area contributed by atoms with Crippen molar-refractivity contribution in [3.63, 3.8) is 0 Å². The lowest BCUT2D eigenvalue weighted by molar-refractivity contribution is 0.770. The Morgan fingerprint density at radius 3 is 2.62 bits per heavy atom. The van der Waals surface area contributed by atoms with Gasteiger partial charge in [-0.2, -0.15) is 9.97 Å². The molecular formula is C15H16N6. The molecule has 6 nitrogen and oxygen atoms in total. The number of aromatic nitrogens is 4. The maximum atomic E-state index is 4.51. The van der Waals surface area contributed by atoms with E-state index in [1.165, 1.54) is 11.1 Å². The first-order valence-corrected chi connectivity index (χ1v) is 7.05. The number of hydrogen-bond donors (Lipinski definition) is 3. The van der Waals surface area contributed by atoms with Gasteiger partial charge in [-0.3, -0.25) is 0 Å². The number of benzene rings is 1. The molecule has 3 N–H and O–H groups in total. The fourth-order valence-corrected chi connectivity index (χ4v) is 2.90. The number of nitrogens with zero attached hydrogens (tertiary/aromatic N) is 3. The van der Waals surface area contributed by atoms with Gasteiger partial charge in [0.15, 0.2) is 11.5 Å². The topological polar surface area (TPSA) is 78.5 Å². The van der Waals surface area contributed by atoms with Gasteiger partial charge in [-0.15, -0.1) is 0 Å². The van der Waals surface area contributed by atoms with Gasteiger partial charge in [0.1, 0.15) is 5.52 Å². The molecule has 3 aromatic rings. The molecule has 1 aliphatic rings. The second-order valence-corrected chi connectivity index (χ2v) is 5.27. The van der Waals surface area contributed by atoms with Gasteiger partial charge in [0.2, 0.25) is 5.95 Å². The fourth-order valence-electron chi connectivity index (χ4n) is 2.90. The quantitative estimate of drug-likeness (QED) is 0.683. The zero-order valence-corrected chi connectivity index (χ0v) is 11.7. The van der Waals surface area contributed by atoms with Crippen molar-refractivity contribution >= 4 is 22.9 Å². The van der Waals surface area contributed by atoms with E-state index < -0.39 is 0 Å². The first kappa shape index (κ1) is 12.1. The number of hydrogen-bond acceptors (Lipinski definition) is 5. The molecule has 106 valence electrons. The van der Waals surface area contributed by atoms with Gasteiger partial charge in [-0.1, -0.05) is 24.3 Å². The number of aromatic amines is 1. The van der Waals surface area contributed by atoms with E-state index in [1.54, 1.807) is 6.33 Å². The number of H-pyrrole nitrogens is 1. The van der Waals surface area contributed by atoms with Crippen molar-refractivity contribution < 1.29 is 0 Å². The van der Waals surface area contributed by atoms with Crippen LogP contribution in [0.4, 0.5) is 11.8 Å². The molecule has 0 amide bonds. The largest absolute Gasteiger partial charge is 0.365 e. The molecule has 0 bridgehead atoms. The predicted octanol–water partition coefficient (Wildman–Crippen LogP) is 1.97. The van der Waals surface area contributed by atoms with E-state index in [0.29, 0.717) is 17.6 Å². The van der Waals surface area contributed by atoms with Crippen LogP contribution in [0.2, 0.25) is 0 Å². The molecule has 1 aliphatic carbocycles. The summed E-state index contributed by atoms with van der Waals surface area (Å²) in [5.74, 6) is 1.38. The third kappa shape index (κ3) is 2.08. The fraction of sp³-hybridized carbons (Fsp3) is 0.267. The van der Waals surface area contributed by atoms with Crippen LogP contribution in [0.25, 0.3) is 11.2 Å². The smallest absolute Gasteiger partial charge is 0.226 e. The predicted molar refractivity (Wildman–Crippen MR) is 82.5 cm³/mol. The molecule has 0 unspecified atom stereocenters. The highest BCUT2D eigenvalue weighted by atomic mass is 15.2. The highest BCUT2D eigenvalue weighted by Crippen LogP contribution is 2.26. The maximum absolute atomic E-state index is 4.51. The summed E-state index contributed by atoms with van der Waals surface area (Å²) < 4.78 is 0. The summed E-state index contributed by atoms with van der Waals surface area (Å²) >= 11 is 0. The van der Waals surface area contributed by atoms with E-state index in [-0.39, 0.29) is 0 Å². The van der Waals surface area contributed by atoms with Crippen LogP contribution < -0.4 is 10.6 Å². The minimum absolute atomic E-state index is 0.355. The van der Waals surface area contributed by atoms with Crippen LogP contribution in [-0.2, 0) is 12.8 Å². The van der Waals surface area contributed by atoms with Gasteiger partial charge in [0.05, 0.1) is 6.33 Å². The molecule has 0 fully saturated rings. The first-order valence-electron chi connectivity index (χ1n) is 7.05. The molecule has 4 rings (SSSR count). The molecule has 0 radical (unpaired) electrons. The van der Waals surface area contributed by atoms with Crippen molar-refractivity contribution in [3.05, 3.63) is 41.7 Å². The Kier molecular flexibility index (Phi) is 2.73. The second kappa shape index (κ2) is 4.73. The SMILES string of the molecule is CNc1nc(NC2Cc3ccccc3C2)c2[nH]cnc2n1. The minimum Gasteiger partial charge on any atom is -0.365 e. The van der Waals surface area contributed by atoms with E-state index in [9.17, 15) is 0 Å². The summed E-state index contributed by atoms with van der Waals surface area (Å²) in [5, 5.41) is 6.50. The standard InChI is InChI=1S/C15H16N6/c1-16-15-20-13-12(17-8-18-13)14(21-15)19-11-6-9-4-2-3-5-10(9)7-11/h2-5,8,11H,6-7H2,1H3,(H3,16,17,18,19,20,21). The van der Waals surface area contributed by atoms with Crippen molar-refractivity contribution in [2.24, 2.45) is 0 Å². The van der Waals surface area contributed by atoms with Crippen molar-refractivity contribution in [2.75, 3.05) is 17.7 Å². The average Bonchev–Trinajstić information content (AvgIpc) is 3.12. The highest BCUT2D eigenvalue weighted by molar-refractivity contribution is 5.83. The lowest BCUT2D eigenvalue weighted by Gasteiger charge is -2.13. The summed E-state index contributed by atoms with van der Waals surface area (Å²) in [6, 6.07) is 8.94. The molecule has 0 atom stereocenters. The molecule has 2 aromatic heterocycles. The van der Waals surface area contributed by atoms with Crippen LogP contribution in [0.3, 0.4) is 0 Å². The Bertz CT molecular complexity index is 769. The van der Waals surface area contributed by atoms with Gasteiger partial charge in [0.25, 0.3) is 0 Å². The average molecular weight is 280 g/mol. The lowest BCUT2D eigenvalue weighted by Crippen LogP contribution is -2.21. The van der Waals surface area contributed by atoms with Crippen LogP contribution in [-0.4, -0.2) is 33.0 Å². The lowest BCUT2D eigenvalue weighted by atomic mass is 10.1. The highest BCUT2D eigenvalue weighted by Gasteiger charge is 2.22. The summed E-state index contributed by atoms with van der Waals surface area (Å²) in [6.45, 7) is 0. The number of rotatable bonds is 3. The van der Waals surface area contributed by atoms with E-state index in [0.717, 1.165) is 24.2 Å². The zero-order chi connectivity index (χ0) is 14.2. The van der Waals surface area contributed by atoms with Gasteiger partial charge in [0, 0.05) is 13.1 Å². The number of anilines is 2. The summed E-state index contributed by atoms with van der Waals surface area (Å²) in [7, 11) is 1.81. The summed E-state index contributed by atoms with van der Waals surface area (Å²) in [6.07, 6.45) is 3.68. The van der Waals surface area contributed by atoms with Gasteiger partial charge >= 0.3 is 0 Å². The van der Waals surface area contributed by atoms with Crippen LogP contribution in [0, 0.1) is 0 Å².